The van der Waals surface area contributed by atoms with Crippen LogP contribution in [0.2, 0.25) is 0 Å². The first-order valence-electron chi connectivity index (χ1n) is 7.49. The second-order valence-corrected chi connectivity index (χ2v) is 5.32. The van der Waals surface area contributed by atoms with E-state index in [-0.39, 0.29) is 11.7 Å². The molecule has 0 unspecified atom stereocenters. The minimum atomic E-state index is -0.343. The number of carbonyl (C=O) groups is 1. The van der Waals surface area contributed by atoms with Crippen molar-refractivity contribution < 1.29 is 4.79 Å². The van der Waals surface area contributed by atoms with E-state index in [4.69, 9.17) is 5.26 Å². The number of hydrogen-bond donors (Lipinski definition) is 1. The number of carbonyl (C=O) groups excluding carboxylic acids is 1. The van der Waals surface area contributed by atoms with Gasteiger partial charge in [0.15, 0.2) is 0 Å². The van der Waals surface area contributed by atoms with Crippen LogP contribution in [0.3, 0.4) is 0 Å². The highest BCUT2D eigenvalue weighted by molar-refractivity contribution is 6.00. The summed E-state index contributed by atoms with van der Waals surface area (Å²) in [7, 11) is 1.60. The summed E-state index contributed by atoms with van der Waals surface area (Å²) in [6, 6.07) is 14.1. The summed E-state index contributed by atoms with van der Waals surface area (Å²) in [5, 5.41) is 19.3. The van der Waals surface area contributed by atoms with Crippen LogP contribution in [-0.2, 0) is 6.54 Å². The molecule has 0 radical (unpaired) electrons. The van der Waals surface area contributed by atoms with Gasteiger partial charge in [-0.25, -0.2) is 9.78 Å². The molecule has 25 heavy (non-hydrogen) atoms. The number of aromatic nitrogens is 4. The van der Waals surface area contributed by atoms with Crippen LogP contribution in [0.15, 0.2) is 55.1 Å². The van der Waals surface area contributed by atoms with Gasteiger partial charge in [0.1, 0.15) is 30.2 Å². The molecule has 8 nitrogen and oxygen atoms in total. The Balaban J connectivity index is 1.71. The lowest BCUT2D eigenvalue weighted by Crippen LogP contribution is -2.31. The quantitative estimate of drug-likeness (QED) is 0.789. The Bertz CT molecular complexity index is 915. The molecule has 0 aliphatic rings. The highest BCUT2D eigenvalue weighted by Crippen LogP contribution is 2.15. The lowest BCUT2D eigenvalue weighted by Gasteiger charge is -2.17. The standard InChI is InChI=1S/C17H15N7O/c1-23(16-7-3-6-15(9-18)21-16)17(25)22-14-5-2-4-13(8-14)10-24-11-19-20-12-24/h2-8,11-12H,10H2,1H3,(H,22,25). The van der Waals surface area contributed by atoms with Gasteiger partial charge in [-0.05, 0) is 29.8 Å². The first kappa shape index (κ1) is 16.1. The van der Waals surface area contributed by atoms with Gasteiger partial charge in [0.05, 0.1) is 6.54 Å². The first-order valence-corrected chi connectivity index (χ1v) is 7.49. The number of nitrogens with one attached hydrogen (secondary N) is 1. The number of urea groups is 1. The number of anilines is 2. The van der Waals surface area contributed by atoms with E-state index in [9.17, 15) is 4.79 Å². The van der Waals surface area contributed by atoms with Crippen LogP contribution in [0, 0.1) is 11.3 Å². The normalized spacial score (nSPS) is 10.1. The Morgan fingerprint density at radius 1 is 1.24 bits per heavy atom. The molecule has 8 heteroatoms. The molecular weight excluding hydrogens is 318 g/mol. The summed E-state index contributed by atoms with van der Waals surface area (Å²) in [5.74, 6) is 0.400. The molecule has 0 aliphatic heterocycles. The van der Waals surface area contributed by atoms with Crippen molar-refractivity contribution in [3.63, 3.8) is 0 Å². The summed E-state index contributed by atoms with van der Waals surface area (Å²) < 4.78 is 1.84. The summed E-state index contributed by atoms with van der Waals surface area (Å²) in [5.41, 5.74) is 1.93. The van der Waals surface area contributed by atoms with Gasteiger partial charge >= 0.3 is 6.03 Å². The molecule has 2 amide bonds. The van der Waals surface area contributed by atoms with Gasteiger partial charge in [-0.1, -0.05) is 18.2 Å². The van der Waals surface area contributed by atoms with Gasteiger partial charge in [-0.15, -0.1) is 10.2 Å². The van der Waals surface area contributed by atoms with Crippen LogP contribution in [0.25, 0.3) is 0 Å². The molecule has 0 saturated heterocycles. The summed E-state index contributed by atoms with van der Waals surface area (Å²) in [6.45, 7) is 0.609. The maximum absolute atomic E-state index is 12.4. The fourth-order valence-electron chi connectivity index (χ4n) is 2.25. The topological polar surface area (TPSA) is 99.7 Å². The van der Waals surface area contributed by atoms with Crippen LogP contribution in [0.5, 0.6) is 0 Å². The Morgan fingerprint density at radius 2 is 2.00 bits per heavy atom. The lowest BCUT2D eigenvalue weighted by molar-refractivity contribution is 0.258. The zero-order chi connectivity index (χ0) is 17.6. The monoisotopic (exact) mass is 333 g/mol. The van der Waals surface area contributed by atoms with E-state index in [2.05, 4.69) is 20.5 Å². The fourth-order valence-corrected chi connectivity index (χ4v) is 2.25. The van der Waals surface area contributed by atoms with Crippen molar-refractivity contribution in [1.82, 2.24) is 19.7 Å². The molecule has 0 aliphatic carbocycles. The smallest absolute Gasteiger partial charge is 0.316 e. The summed E-state index contributed by atoms with van der Waals surface area (Å²) in [6.07, 6.45) is 3.26. The first-order chi connectivity index (χ1) is 12.2. The highest BCUT2D eigenvalue weighted by atomic mass is 16.2. The number of benzene rings is 1. The average molecular weight is 333 g/mol. The van der Waals surface area contributed by atoms with E-state index in [1.165, 1.54) is 4.90 Å². The molecule has 2 aromatic heterocycles. The van der Waals surface area contributed by atoms with E-state index in [1.54, 1.807) is 44.0 Å². The van der Waals surface area contributed by atoms with Crippen molar-refractivity contribution in [2.24, 2.45) is 0 Å². The lowest BCUT2D eigenvalue weighted by atomic mass is 10.2. The van der Waals surface area contributed by atoms with Gasteiger partial charge in [-0.2, -0.15) is 5.26 Å². The molecule has 0 saturated carbocycles. The van der Waals surface area contributed by atoms with E-state index < -0.39 is 0 Å². The summed E-state index contributed by atoms with van der Waals surface area (Å²) in [4.78, 5) is 17.9. The number of nitrogens with zero attached hydrogens (tertiary/aromatic N) is 6. The Morgan fingerprint density at radius 3 is 2.76 bits per heavy atom. The molecule has 3 aromatic rings. The molecule has 2 heterocycles. The van der Waals surface area contributed by atoms with Gasteiger partial charge in [0.2, 0.25) is 0 Å². The van der Waals surface area contributed by atoms with E-state index in [1.807, 2.05) is 28.8 Å². The predicted molar refractivity (Wildman–Crippen MR) is 91.9 cm³/mol. The number of nitriles is 1. The van der Waals surface area contributed by atoms with E-state index in [0.29, 0.717) is 18.1 Å². The zero-order valence-electron chi connectivity index (χ0n) is 13.5. The second-order valence-electron chi connectivity index (χ2n) is 5.32. The highest BCUT2D eigenvalue weighted by Gasteiger charge is 2.13. The van der Waals surface area contributed by atoms with Crippen molar-refractivity contribution in [2.75, 3.05) is 17.3 Å². The average Bonchev–Trinajstić information content (AvgIpc) is 3.14. The van der Waals surface area contributed by atoms with Crippen LogP contribution >= 0.6 is 0 Å². The third-order valence-corrected chi connectivity index (χ3v) is 3.51. The largest absolute Gasteiger partial charge is 0.327 e. The Kier molecular flexibility index (Phi) is 4.67. The molecule has 0 bridgehead atoms. The number of hydrogen-bond acceptors (Lipinski definition) is 5. The van der Waals surface area contributed by atoms with Gasteiger partial charge in [0, 0.05) is 12.7 Å². The second kappa shape index (κ2) is 7.23. The third kappa shape index (κ3) is 3.97. The van der Waals surface area contributed by atoms with Crippen molar-refractivity contribution in [2.45, 2.75) is 6.54 Å². The van der Waals surface area contributed by atoms with Crippen LogP contribution in [0.4, 0.5) is 16.3 Å². The van der Waals surface area contributed by atoms with Gasteiger partial charge in [0.25, 0.3) is 0 Å². The number of pyridine rings is 1. The Labute approximate surface area is 144 Å². The molecule has 1 aromatic carbocycles. The van der Waals surface area contributed by atoms with E-state index >= 15 is 0 Å². The number of rotatable bonds is 4. The van der Waals surface area contributed by atoms with Crippen LogP contribution < -0.4 is 10.2 Å². The molecule has 0 spiro atoms. The van der Waals surface area contributed by atoms with Gasteiger partial charge < -0.3 is 9.88 Å². The summed E-state index contributed by atoms with van der Waals surface area (Å²) >= 11 is 0. The Hall–Kier alpha value is -3.73. The van der Waals surface area contributed by atoms with E-state index in [0.717, 1.165) is 5.56 Å². The van der Waals surface area contributed by atoms with Crippen molar-refractivity contribution in [1.29, 1.82) is 5.26 Å². The molecule has 124 valence electrons. The van der Waals surface area contributed by atoms with Crippen molar-refractivity contribution in [3.8, 4) is 6.07 Å². The SMILES string of the molecule is CN(C(=O)Nc1cccc(Cn2cnnc2)c1)c1cccc(C#N)n1. The van der Waals surface area contributed by atoms with Gasteiger partial charge in [-0.3, -0.25) is 4.90 Å². The fraction of sp³-hybridized carbons (Fsp3) is 0.118. The maximum atomic E-state index is 12.4. The minimum absolute atomic E-state index is 0.257. The molecule has 0 fully saturated rings. The third-order valence-electron chi connectivity index (χ3n) is 3.51. The predicted octanol–water partition coefficient (Wildman–Crippen LogP) is 2.26. The molecule has 3 rings (SSSR count). The van der Waals surface area contributed by atoms with Crippen molar-refractivity contribution in [3.05, 3.63) is 66.4 Å². The maximum Gasteiger partial charge on any atom is 0.327 e. The molecule has 1 N–H and O–H groups in total. The minimum Gasteiger partial charge on any atom is -0.316 e. The van der Waals surface area contributed by atoms with Crippen molar-refractivity contribution >= 4 is 17.5 Å². The molecular formula is C17H15N7O. The van der Waals surface area contributed by atoms with Crippen LogP contribution in [-0.4, -0.2) is 32.8 Å². The zero-order valence-corrected chi connectivity index (χ0v) is 13.5. The molecule has 0 atom stereocenters. The van der Waals surface area contributed by atoms with Crippen LogP contribution in [0.1, 0.15) is 11.3 Å². The number of amides is 2.